The molecule has 28 heavy (non-hydrogen) atoms. The molecular formula is C19H19Cl2N3O4. The Morgan fingerprint density at radius 3 is 2.29 bits per heavy atom. The summed E-state index contributed by atoms with van der Waals surface area (Å²) in [6, 6.07) is 8.61. The lowest BCUT2D eigenvalue weighted by molar-refractivity contribution is -0.385. The number of carbonyl (C=O) groups is 2. The number of nitrogens with zero attached hydrogens (tertiary/aromatic N) is 2. The first-order valence-corrected chi connectivity index (χ1v) is 9.03. The summed E-state index contributed by atoms with van der Waals surface area (Å²) < 4.78 is 0. The van der Waals surface area contributed by atoms with Crippen LogP contribution in [0.5, 0.6) is 0 Å². The van der Waals surface area contributed by atoms with Crippen LogP contribution in [0.25, 0.3) is 0 Å². The van der Waals surface area contributed by atoms with E-state index in [1.165, 1.54) is 43.3 Å². The minimum absolute atomic E-state index is 0.0958. The molecule has 0 saturated heterocycles. The van der Waals surface area contributed by atoms with E-state index in [1.54, 1.807) is 20.8 Å². The smallest absolute Gasteiger partial charge is 0.267 e. The molecule has 0 radical (unpaired) electrons. The van der Waals surface area contributed by atoms with E-state index in [4.69, 9.17) is 23.2 Å². The number of amides is 2. The molecule has 2 amide bonds. The maximum absolute atomic E-state index is 13.0. The Hall–Kier alpha value is -2.64. The van der Waals surface area contributed by atoms with Gasteiger partial charge in [0.15, 0.2) is 0 Å². The van der Waals surface area contributed by atoms with Gasteiger partial charge in [0, 0.05) is 16.7 Å². The van der Waals surface area contributed by atoms with Crippen molar-refractivity contribution in [1.82, 2.24) is 10.4 Å². The van der Waals surface area contributed by atoms with Gasteiger partial charge in [0.05, 0.1) is 26.6 Å². The van der Waals surface area contributed by atoms with Crippen LogP contribution < -0.4 is 5.43 Å². The highest BCUT2D eigenvalue weighted by atomic mass is 35.5. The van der Waals surface area contributed by atoms with Crippen LogP contribution in [0.3, 0.4) is 0 Å². The normalized spacial score (nSPS) is 11.1. The van der Waals surface area contributed by atoms with Crippen molar-refractivity contribution in [2.75, 3.05) is 0 Å². The van der Waals surface area contributed by atoms with Crippen molar-refractivity contribution >= 4 is 40.7 Å². The Morgan fingerprint density at radius 2 is 1.75 bits per heavy atom. The third kappa shape index (κ3) is 4.61. The molecule has 0 spiro atoms. The molecule has 0 saturated carbocycles. The molecule has 0 aliphatic carbocycles. The molecule has 0 aliphatic heterocycles. The van der Waals surface area contributed by atoms with Crippen LogP contribution in [0.15, 0.2) is 36.4 Å². The van der Waals surface area contributed by atoms with Gasteiger partial charge >= 0.3 is 0 Å². The van der Waals surface area contributed by atoms with Crippen LogP contribution in [0.1, 0.15) is 47.1 Å². The zero-order chi connectivity index (χ0) is 21.2. The number of hydrogen-bond donors (Lipinski definition) is 1. The average Bonchev–Trinajstić information content (AvgIpc) is 2.57. The zero-order valence-corrected chi connectivity index (χ0v) is 17.3. The van der Waals surface area contributed by atoms with Gasteiger partial charge in [-0.15, -0.1) is 0 Å². The lowest BCUT2D eigenvalue weighted by atomic mass is 10.0. The topological polar surface area (TPSA) is 92.6 Å². The van der Waals surface area contributed by atoms with Crippen molar-refractivity contribution in [1.29, 1.82) is 0 Å². The van der Waals surface area contributed by atoms with E-state index < -0.39 is 22.3 Å². The van der Waals surface area contributed by atoms with Gasteiger partial charge < -0.3 is 0 Å². The van der Waals surface area contributed by atoms with E-state index in [-0.39, 0.29) is 27.4 Å². The van der Waals surface area contributed by atoms with Gasteiger partial charge in [0.2, 0.25) is 0 Å². The quantitative estimate of drug-likeness (QED) is 0.566. The van der Waals surface area contributed by atoms with E-state index in [2.05, 4.69) is 5.43 Å². The SMILES string of the molecule is Cc1c(C(=O)NN(C(=O)c2ccc(Cl)cc2Cl)C(C)(C)C)cccc1[N+](=O)[O-]. The lowest BCUT2D eigenvalue weighted by Crippen LogP contribution is -2.56. The molecular weight excluding hydrogens is 405 g/mol. The summed E-state index contributed by atoms with van der Waals surface area (Å²) in [4.78, 5) is 36.4. The standard InChI is InChI=1S/C19H19Cl2N3O4/c1-11-13(6-5-7-16(11)24(27)28)17(25)22-23(19(2,3)4)18(26)14-9-8-12(20)10-15(14)21/h5-10H,1-4H3,(H,22,25). The molecule has 7 nitrogen and oxygen atoms in total. The Balaban J connectivity index is 2.41. The number of nitrogens with one attached hydrogen (secondary N) is 1. The summed E-state index contributed by atoms with van der Waals surface area (Å²) in [6.07, 6.45) is 0. The zero-order valence-electron chi connectivity index (χ0n) is 15.7. The van der Waals surface area contributed by atoms with Crippen molar-refractivity contribution in [3.8, 4) is 0 Å². The average molecular weight is 424 g/mol. The van der Waals surface area contributed by atoms with E-state index in [0.29, 0.717) is 5.02 Å². The molecule has 0 aliphatic rings. The number of carbonyl (C=O) groups excluding carboxylic acids is 2. The molecule has 0 fully saturated rings. The molecule has 0 unspecified atom stereocenters. The first-order chi connectivity index (χ1) is 12.9. The lowest BCUT2D eigenvalue weighted by Gasteiger charge is -2.35. The maximum atomic E-state index is 13.0. The number of nitro benzene ring substituents is 1. The molecule has 9 heteroatoms. The van der Waals surface area contributed by atoms with E-state index in [1.807, 2.05) is 0 Å². The molecule has 0 heterocycles. The number of benzene rings is 2. The monoisotopic (exact) mass is 423 g/mol. The summed E-state index contributed by atoms with van der Waals surface area (Å²) in [5.74, 6) is -1.18. The molecule has 148 valence electrons. The Labute approximate surface area is 172 Å². The van der Waals surface area contributed by atoms with Gasteiger partial charge in [0.25, 0.3) is 17.5 Å². The van der Waals surface area contributed by atoms with Crippen molar-refractivity contribution < 1.29 is 14.5 Å². The van der Waals surface area contributed by atoms with Gasteiger partial charge in [-0.3, -0.25) is 25.1 Å². The minimum Gasteiger partial charge on any atom is -0.267 e. The molecule has 2 rings (SSSR count). The third-order valence-corrected chi connectivity index (χ3v) is 4.54. The molecule has 0 aromatic heterocycles. The number of nitro groups is 1. The van der Waals surface area contributed by atoms with Crippen LogP contribution in [0, 0.1) is 17.0 Å². The summed E-state index contributed by atoms with van der Waals surface area (Å²) >= 11 is 12.0. The number of hydrazine groups is 1. The van der Waals surface area contributed by atoms with Crippen molar-refractivity contribution in [3.05, 3.63) is 73.2 Å². The third-order valence-electron chi connectivity index (χ3n) is 4.00. The largest absolute Gasteiger partial charge is 0.274 e. The molecule has 2 aromatic carbocycles. The van der Waals surface area contributed by atoms with Crippen LogP contribution in [-0.2, 0) is 0 Å². The summed E-state index contributed by atoms with van der Waals surface area (Å²) in [5, 5.41) is 12.8. The van der Waals surface area contributed by atoms with Crippen LogP contribution >= 0.6 is 23.2 Å². The number of halogens is 2. The van der Waals surface area contributed by atoms with Crippen molar-refractivity contribution in [2.24, 2.45) is 0 Å². The van der Waals surface area contributed by atoms with Crippen LogP contribution in [0.4, 0.5) is 5.69 Å². The first-order valence-electron chi connectivity index (χ1n) is 8.28. The molecule has 2 aromatic rings. The maximum Gasteiger partial charge on any atom is 0.274 e. The highest BCUT2D eigenvalue weighted by molar-refractivity contribution is 6.36. The minimum atomic E-state index is -0.801. The Bertz CT molecular complexity index is 955. The second-order valence-corrected chi connectivity index (χ2v) is 7.93. The predicted molar refractivity (Wildman–Crippen MR) is 108 cm³/mol. The van der Waals surface area contributed by atoms with Crippen molar-refractivity contribution in [3.63, 3.8) is 0 Å². The highest BCUT2D eigenvalue weighted by Gasteiger charge is 2.31. The highest BCUT2D eigenvalue weighted by Crippen LogP contribution is 2.25. The molecule has 0 atom stereocenters. The van der Waals surface area contributed by atoms with Gasteiger partial charge in [-0.1, -0.05) is 29.3 Å². The Morgan fingerprint density at radius 1 is 1.11 bits per heavy atom. The first kappa shape index (κ1) is 21.7. The van der Waals surface area contributed by atoms with E-state index >= 15 is 0 Å². The fraction of sp³-hybridized carbons (Fsp3) is 0.263. The van der Waals surface area contributed by atoms with Gasteiger partial charge in [-0.2, -0.15) is 0 Å². The predicted octanol–water partition coefficient (Wildman–Crippen LogP) is 4.80. The second-order valence-electron chi connectivity index (χ2n) is 7.08. The van der Waals surface area contributed by atoms with Gasteiger partial charge in [-0.25, -0.2) is 5.01 Å². The van der Waals surface area contributed by atoms with Crippen LogP contribution in [0.2, 0.25) is 10.0 Å². The Kier molecular flexibility index (Phi) is 6.31. The molecule has 1 N–H and O–H groups in total. The number of rotatable bonds is 3. The summed E-state index contributed by atoms with van der Waals surface area (Å²) in [7, 11) is 0. The summed E-state index contributed by atoms with van der Waals surface area (Å²) in [5.41, 5.74) is 2.04. The fourth-order valence-corrected chi connectivity index (χ4v) is 3.02. The molecule has 0 bridgehead atoms. The van der Waals surface area contributed by atoms with Crippen molar-refractivity contribution in [2.45, 2.75) is 33.2 Å². The second kappa shape index (κ2) is 8.16. The fourth-order valence-electron chi connectivity index (χ4n) is 2.54. The van der Waals surface area contributed by atoms with Gasteiger partial charge in [-0.05, 0) is 52.0 Å². The van der Waals surface area contributed by atoms with Crippen LogP contribution in [-0.4, -0.2) is 27.3 Å². The van der Waals surface area contributed by atoms with E-state index in [9.17, 15) is 19.7 Å². The van der Waals surface area contributed by atoms with Gasteiger partial charge in [0.1, 0.15) is 0 Å². The number of hydrogen-bond acceptors (Lipinski definition) is 4. The van der Waals surface area contributed by atoms with E-state index in [0.717, 1.165) is 5.01 Å². The summed E-state index contributed by atoms with van der Waals surface area (Å²) in [6.45, 7) is 6.67.